The third kappa shape index (κ3) is 5.33. The van der Waals surface area contributed by atoms with Gasteiger partial charge in [-0.2, -0.15) is 5.26 Å². The van der Waals surface area contributed by atoms with Crippen LogP contribution < -0.4 is 9.62 Å². The first kappa shape index (κ1) is 28.1. The van der Waals surface area contributed by atoms with Crippen LogP contribution in [0.2, 0.25) is 5.02 Å². The van der Waals surface area contributed by atoms with Crippen LogP contribution in [0.3, 0.4) is 0 Å². The van der Waals surface area contributed by atoms with Gasteiger partial charge in [-0.15, -0.1) is 0 Å². The van der Waals surface area contributed by atoms with Crippen molar-refractivity contribution in [3.8, 4) is 6.07 Å². The third-order valence-electron chi connectivity index (χ3n) is 6.06. The van der Waals surface area contributed by atoms with E-state index in [1.165, 1.54) is 42.3 Å². The van der Waals surface area contributed by atoms with E-state index in [1.807, 2.05) is 6.07 Å². The number of hydrogen-bond acceptors (Lipinski definition) is 8. The fourth-order valence-electron chi connectivity index (χ4n) is 4.23. The first-order valence-electron chi connectivity index (χ1n) is 11.5. The van der Waals surface area contributed by atoms with Crippen molar-refractivity contribution in [1.82, 2.24) is 4.90 Å². The SMILES string of the molecule is CO/N=C(/Nc1ccc([N+](=O)[O-])cc1C#N)N1CC(N(c2ccccc2Cl)S(=O)(=O)c2ccccc2)C1C(=O)O. The lowest BCUT2D eigenvalue weighted by Crippen LogP contribution is -2.72. The molecular formula is C25H21ClN6O7S. The van der Waals surface area contributed by atoms with E-state index in [4.69, 9.17) is 16.4 Å². The lowest BCUT2D eigenvalue weighted by Gasteiger charge is -2.50. The number of hydrogen-bond donors (Lipinski definition) is 2. The van der Waals surface area contributed by atoms with Crippen LogP contribution in [0.15, 0.2) is 82.8 Å². The standard InChI is InChI=1S/C25H21ClN6O7S/c1-39-29-25(28-20-12-11-17(32(35)36)13-16(20)14-27)30-15-22(23(30)24(33)34)31(21-10-6-5-9-19(21)26)40(37,38)18-7-3-2-4-8-18/h2-13,22-23H,15H2,1H3,(H,28,29)(H,33,34). The smallest absolute Gasteiger partial charge is 0.328 e. The minimum Gasteiger partial charge on any atom is -0.480 e. The van der Waals surface area contributed by atoms with Crippen molar-refractivity contribution in [3.63, 3.8) is 0 Å². The maximum atomic E-state index is 13.8. The van der Waals surface area contributed by atoms with E-state index in [0.29, 0.717) is 0 Å². The molecule has 0 saturated carbocycles. The Morgan fingerprint density at radius 2 is 1.90 bits per heavy atom. The summed E-state index contributed by atoms with van der Waals surface area (Å²) in [4.78, 5) is 29.0. The number of benzene rings is 3. The average Bonchev–Trinajstić information content (AvgIpc) is 2.91. The monoisotopic (exact) mass is 584 g/mol. The van der Waals surface area contributed by atoms with Crippen LogP contribution in [-0.4, -0.2) is 61.0 Å². The van der Waals surface area contributed by atoms with Gasteiger partial charge in [-0.25, -0.2) is 13.2 Å². The van der Waals surface area contributed by atoms with Crippen LogP contribution in [0.1, 0.15) is 5.56 Å². The van der Waals surface area contributed by atoms with Crippen molar-refractivity contribution in [2.24, 2.45) is 5.16 Å². The normalized spacial score (nSPS) is 16.8. The third-order valence-corrected chi connectivity index (χ3v) is 8.23. The maximum Gasteiger partial charge on any atom is 0.328 e. The zero-order valence-electron chi connectivity index (χ0n) is 20.7. The van der Waals surface area contributed by atoms with E-state index in [9.17, 15) is 33.7 Å². The molecular weight excluding hydrogens is 564 g/mol. The number of rotatable bonds is 8. The summed E-state index contributed by atoms with van der Waals surface area (Å²) in [5.74, 6) is -1.53. The Hall–Kier alpha value is -4.87. The predicted octanol–water partition coefficient (Wildman–Crippen LogP) is 3.48. The van der Waals surface area contributed by atoms with Crippen molar-refractivity contribution >= 4 is 50.6 Å². The molecule has 0 aromatic heterocycles. The van der Waals surface area contributed by atoms with Crippen molar-refractivity contribution in [2.75, 3.05) is 23.3 Å². The van der Waals surface area contributed by atoms with E-state index in [2.05, 4.69) is 10.5 Å². The van der Waals surface area contributed by atoms with Crippen LogP contribution in [0.5, 0.6) is 0 Å². The van der Waals surface area contributed by atoms with E-state index in [1.54, 1.807) is 30.3 Å². The summed E-state index contributed by atoms with van der Waals surface area (Å²) in [6.45, 7) is -0.168. The number of para-hydroxylation sites is 1. The molecule has 40 heavy (non-hydrogen) atoms. The number of halogens is 1. The van der Waals surface area contributed by atoms with Gasteiger partial charge in [0.1, 0.15) is 13.2 Å². The van der Waals surface area contributed by atoms with E-state index in [-0.39, 0.29) is 45.0 Å². The second-order valence-electron chi connectivity index (χ2n) is 8.39. The Labute approximate surface area is 233 Å². The average molecular weight is 585 g/mol. The largest absolute Gasteiger partial charge is 0.480 e. The lowest BCUT2D eigenvalue weighted by atomic mass is 9.96. The summed E-state index contributed by atoms with van der Waals surface area (Å²) in [7, 11) is -3.07. The molecule has 0 amide bonds. The number of likely N-dealkylation sites (tertiary alicyclic amines) is 1. The van der Waals surface area contributed by atoms with Gasteiger partial charge < -0.3 is 20.2 Å². The number of nitro benzene ring substituents is 1. The molecule has 0 spiro atoms. The molecule has 1 aliphatic rings. The number of oxime groups is 1. The van der Waals surface area contributed by atoms with Gasteiger partial charge in [0.2, 0.25) is 5.96 Å². The molecule has 1 fully saturated rings. The summed E-state index contributed by atoms with van der Waals surface area (Å²) in [6.07, 6.45) is 0. The molecule has 15 heteroatoms. The molecule has 2 atom stereocenters. The van der Waals surface area contributed by atoms with Crippen molar-refractivity contribution in [1.29, 1.82) is 5.26 Å². The number of guanidine groups is 1. The van der Waals surface area contributed by atoms with Crippen LogP contribution in [0, 0.1) is 21.4 Å². The minimum atomic E-state index is -4.29. The number of nitriles is 1. The Morgan fingerprint density at radius 1 is 1.23 bits per heavy atom. The highest BCUT2D eigenvalue weighted by Gasteiger charge is 2.53. The summed E-state index contributed by atoms with van der Waals surface area (Å²) >= 11 is 6.39. The Kier molecular flexibility index (Phi) is 8.08. The second-order valence-corrected chi connectivity index (χ2v) is 10.6. The highest BCUT2D eigenvalue weighted by molar-refractivity contribution is 7.92. The number of nitrogens with zero attached hydrogens (tertiary/aromatic N) is 5. The maximum absolute atomic E-state index is 13.8. The van der Waals surface area contributed by atoms with Gasteiger partial charge >= 0.3 is 5.97 Å². The van der Waals surface area contributed by atoms with Crippen molar-refractivity contribution < 1.29 is 28.1 Å². The van der Waals surface area contributed by atoms with E-state index < -0.39 is 33.0 Å². The molecule has 3 aromatic carbocycles. The fraction of sp³-hybridized carbons (Fsp3) is 0.160. The lowest BCUT2D eigenvalue weighted by molar-refractivity contribution is -0.384. The highest BCUT2D eigenvalue weighted by atomic mass is 35.5. The summed E-state index contributed by atoms with van der Waals surface area (Å²) in [6, 6.07) is 16.4. The predicted molar refractivity (Wildman–Crippen MR) is 145 cm³/mol. The Morgan fingerprint density at radius 3 is 2.50 bits per heavy atom. The molecule has 4 rings (SSSR count). The van der Waals surface area contributed by atoms with Gasteiger partial charge in [0.15, 0.2) is 6.04 Å². The first-order valence-corrected chi connectivity index (χ1v) is 13.3. The van der Waals surface area contributed by atoms with E-state index in [0.717, 1.165) is 16.4 Å². The Bertz CT molecular complexity index is 1630. The molecule has 1 saturated heterocycles. The minimum absolute atomic E-state index is 0.0639. The first-order chi connectivity index (χ1) is 19.1. The molecule has 0 aliphatic carbocycles. The summed E-state index contributed by atoms with van der Waals surface area (Å²) in [5.41, 5.74) is -0.242. The molecule has 3 aromatic rings. The highest BCUT2D eigenvalue weighted by Crippen LogP contribution is 2.38. The molecule has 2 N–H and O–H groups in total. The van der Waals surface area contributed by atoms with Gasteiger partial charge in [0.25, 0.3) is 15.7 Å². The number of nitro groups is 1. The number of carbonyl (C=O) groups is 1. The second kappa shape index (κ2) is 11.5. The molecule has 0 bridgehead atoms. The van der Waals surface area contributed by atoms with Crippen LogP contribution >= 0.6 is 11.6 Å². The molecule has 1 heterocycles. The zero-order chi connectivity index (χ0) is 29.0. The van der Waals surface area contributed by atoms with Gasteiger partial charge in [0, 0.05) is 18.7 Å². The van der Waals surface area contributed by atoms with Gasteiger partial charge in [-0.3, -0.25) is 14.4 Å². The number of sulfonamides is 1. The molecule has 206 valence electrons. The molecule has 0 radical (unpaired) electrons. The molecule has 2 unspecified atom stereocenters. The molecule has 1 aliphatic heterocycles. The number of nitrogens with one attached hydrogen (secondary N) is 1. The number of non-ortho nitro benzene ring substituents is 1. The molecule has 13 nitrogen and oxygen atoms in total. The number of carboxylic acids is 1. The number of carboxylic acid groups (broad SMARTS) is 1. The van der Waals surface area contributed by atoms with Crippen LogP contribution in [0.25, 0.3) is 0 Å². The summed E-state index contributed by atoms with van der Waals surface area (Å²) < 4.78 is 28.7. The van der Waals surface area contributed by atoms with Gasteiger partial charge in [-0.1, -0.05) is 41.9 Å². The fourth-order valence-corrected chi connectivity index (χ4v) is 6.19. The van der Waals surface area contributed by atoms with Crippen molar-refractivity contribution in [2.45, 2.75) is 17.0 Å². The quantitative estimate of drug-likeness (QED) is 0.172. The number of anilines is 2. The van der Waals surface area contributed by atoms with Gasteiger partial charge in [0.05, 0.1) is 37.8 Å². The van der Waals surface area contributed by atoms with Gasteiger partial charge in [-0.05, 0) is 35.5 Å². The Balaban J connectivity index is 1.75. The zero-order valence-corrected chi connectivity index (χ0v) is 22.3. The van der Waals surface area contributed by atoms with Crippen LogP contribution in [-0.2, 0) is 19.7 Å². The van der Waals surface area contributed by atoms with Crippen molar-refractivity contribution in [3.05, 3.63) is 93.5 Å². The topological polar surface area (TPSA) is 178 Å². The number of aliphatic carboxylic acids is 1. The van der Waals surface area contributed by atoms with E-state index >= 15 is 0 Å². The summed E-state index contributed by atoms with van der Waals surface area (Å²) in [5, 5.41) is 37.5. The van der Waals surface area contributed by atoms with Crippen LogP contribution in [0.4, 0.5) is 17.1 Å².